The van der Waals surface area contributed by atoms with Crippen LogP contribution < -0.4 is 11.1 Å². The van der Waals surface area contributed by atoms with Crippen LogP contribution >= 0.6 is 0 Å². The number of amides is 1. The van der Waals surface area contributed by atoms with Crippen LogP contribution in [0.3, 0.4) is 0 Å². The number of fused-ring (bicyclic) bond motifs is 3. The number of halogens is 3. The molecule has 4 N–H and O–H groups in total. The highest BCUT2D eigenvalue weighted by Crippen LogP contribution is 2.35. The summed E-state index contributed by atoms with van der Waals surface area (Å²) in [5.41, 5.74) is 7.14. The summed E-state index contributed by atoms with van der Waals surface area (Å²) >= 11 is 0. The molecule has 0 bridgehead atoms. The van der Waals surface area contributed by atoms with E-state index in [9.17, 15) is 18.0 Å². The number of carbonyl (C=O) groups is 1. The third kappa shape index (κ3) is 4.50. The average Bonchev–Trinajstić information content (AvgIpc) is 3.10. The molecule has 2 heterocycles. The molecular weight excluding hydrogens is 451 g/mol. The predicted molar refractivity (Wildman–Crippen MR) is 117 cm³/mol. The van der Waals surface area contributed by atoms with Gasteiger partial charge < -0.3 is 25.4 Å². The quantitative estimate of drug-likeness (QED) is 0.176. The van der Waals surface area contributed by atoms with Crippen molar-refractivity contribution in [1.29, 1.82) is 0 Å². The number of amidine groups is 1. The molecular formula is C23H24F3N5O3. The summed E-state index contributed by atoms with van der Waals surface area (Å²) in [6.07, 6.45) is 1.36. The molecule has 1 aliphatic rings. The number of aromatic nitrogens is 2. The summed E-state index contributed by atoms with van der Waals surface area (Å²) in [6, 6.07) is 3.89. The lowest BCUT2D eigenvalue weighted by molar-refractivity contribution is 0.0493. The number of nitrogens with two attached hydrogens (primary N) is 1. The fourth-order valence-electron chi connectivity index (χ4n) is 4.20. The normalized spacial score (nSPS) is 18.6. The van der Waals surface area contributed by atoms with Crippen LogP contribution in [-0.2, 0) is 17.6 Å². The standard InChI is InChI=1S/C23H24F3N5O3/c1-23(2,3)34-22(32)29-17-10-19-18(8-13(17)12-7-15(25)16(26)9-14(12)24)28-20-6-11(21(27)30-33)4-5-31(19)20/h4-7,9,13,17,33H,8,10H2,1-3H3,(H2,27,30)(H,29,32). The van der Waals surface area contributed by atoms with Crippen molar-refractivity contribution in [3.05, 3.63) is 70.4 Å². The molecule has 180 valence electrons. The first kappa shape index (κ1) is 23.4. The Labute approximate surface area is 193 Å². The number of alkyl carbamates (subject to hydrolysis) is 1. The van der Waals surface area contributed by atoms with Gasteiger partial charge in [-0.15, -0.1) is 0 Å². The van der Waals surface area contributed by atoms with Gasteiger partial charge in [-0.25, -0.2) is 22.9 Å². The van der Waals surface area contributed by atoms with Crippen LogP contribution in [0.15, 0.2) is 35.6 Å². The molecule has 0 spiro atoms. The molecule has 0 saturated carbocycles. The van der Waals surface area contributed by atoms with Crippen LogP contribution in [-0.4, -0.2) is 38.2 Å². The van der Waals surface area contributed by atoms with E-state index in [-0.39, 0.29) is 24.2 Å². The van der Waals surface area contributed by atoms with Crippen molar-refractivity contribution in [3.63, 3.8) is 0 Å². The van der Waals surface area contributed by atoms with Gasteiger partial charge in [0.05, 0.1) is 5.69 Å². The van der Waals surface area contributed by atoms with Crippen LogP contribution in [0, 0.1) is 17.5 Å². The lowest BCUT2D eigenvalue weighted by Gasteiger charge is -2.33. The first-order valence-electron chi connectivity index (χ1n) is 10.6. The number of rotatable bonds is 3. The van der Waals surface area contributed by atoms with E-state index in [1.54, 1.807) is 43.5 Å². The van der Waals surface area contributed by atoms with Gasteiger partial charge in [0, 0.05) is 48.3 Å². The summed E-state index contributed by atoms with van der Waals surface area (Å²) < 4.78 is 49.5. The molecule has 0 aliphatic heterocycles. The van der Waals surface area contributed by atoms with Crippen LogP contribution in [0.25, 0.3) is 5.65 Å². The highest BCUT2D eigenvalue weighted by atomic mass is 19.2. The van der Waals surface area contributed by atoms with Gasteiger partial charge in [0.1, 0.15) is 17.1 Å². The van der Waals surface area contributed by atoms with E-state index in [1.165, 1.54) is 0 Å². The topological polar surface area (TPSA) is 114 Å². The molecule has 8 nitrogen and oxygen atoms in total. The maximum absolute atomic E-state index is 14.7. The summed E-state index contributed by atoms with van der Waals surface area (Å²) in [7, 11) is 0. The Morgan fingerprint density at radius 3 is 2.59 bits per heavy atom. The number of pyridine rings is 1. The molecule has 0 saturated heterocycles. The van der Waals surface area contributed by atoms with Crippen LogP contribution in [0.5, 0.6) is 0 Å². The van der Waals surface area contributed by atoms with Crippen LogP contribution in [0.2, 0.25) is 0 Å². The molecule has 1 amide bonds. The Kier molecular flexibility index (Phi) is 5.88. The largest absolute Gasteiger partial charge is 0.444 e. The number of carbonyl (C=O) groups excluding carboxylic acids is 1. The molecule has 0 fully saturated rings. The Morgan fingerprint density at radius 1 is 1.21 bits per heavy atom. The van der Waals surface area contributed by atoms with Gasteiger partial charge in [-0.05, 0) is 44.5 Å². The SMILES string of the molecule is CC(C)(C)OC(=O)NC1Cc2c(nc3cc(C(N)=NO)ccn23)CC1c1cc(F)c(F)cc1F. The molecule has 0 radical (unpaired) electrons. The van der Waals surface area contributed by atoms with Gasteiger partial charge in [0.15, 0.2) is 17.5 Å². The summed E-state index contributed by atoms with van der Waals surface area (Å²) in [5, 5.41) is 14.7. The first-order chi connectivity index (χ1) is 16.0. The van der Waals surface area contributed by atoms with Gasteiger partial charge >= 0.3 is 6.09 Å². The molecule has 2 unspecified atom stereocenters. The minimum absolute atomic E-state index is 0.0694. The molecule has 2 aromatic heterocycles. The Bertz CT molecular complexity index is 1300. The van der Waals surface area contributed by atoms with Crippen molar-refractivity contribution in [1.82, 2.24) is 14.7 Å². The Hall–Kier alpha value is -3.76. The molecule has 11 heteroatoms. The molecule has 2 atom stereocenters. The second-order valence-electron chi connectivity index (χ2n) is 9.19. The maximum atomic E-state index is 14.7. The number of imidazole rings is 1. The van der Waals surface area contributed by atoms with E-state index in [4.69, 9.17) is 15.7 Å². The number of nitrogens with zero attached hydrogens (tertiary/aromatic N) is 3. The first-order valence-corrected chi connectivity index (χ1v) is 10.6. The van der Waals surface area contributed by atoms with Gasteiger partial charge in [-0.1, -0.05) is 5.16 Å². The molecule has 34 heavy (non-hydrogen) atoms. The van der Waals surface area contributed by atoms with E-state index in [0.29, 0.717) is 23.0 Å². The van der Waals surface area contributed by atoms with E-state index in [2.05, 4.69) is 15.5 Å². The van der Waals surface area contributed by atoms with Gasteiger partial charge in [0.2, 0.25) is 0 Å². The molecule has 1 aromatic carbocycles. The minimum Gasteiger partial charge on any atom is -0.444 e. The molecule has 1 aliphatic carbocycles. The van der Waals surface area contributed by atoms with Gasteiger partial charge in [-0.2, -0.15) is 0 Å². The van der Waals surface area contributed by atoms with E-state index < -0.39 is 41.1 Å². The highest BCUT2D eigenvalue weighted by Gasteiger charge is 2.36. The highest BCUT2D eigenvalue weighted by molar-refractivity contribution is 5.97. The monoisotopic (exact) mass is 475 g/mol. The van der Waals surface area contributed by atoms with Crippen LogP contribution in [0.1, 0.15) is 49.2 Å². The summed E-state index contributed by atoms with van der Waals surface area (Å²) in [6.45, 7) is 5.13. The summed E-state index contributed by atoms with van der Waals surface area (Å²) in [4.78, 5) is 17.1. The zero-order chi connectivity index (χ0) is 24.8. The second-order valence-corrected chi connectivity index (χ2v) is 9.19. The predicted octanol–water partition coefficient (Wildman–Crippen LogP) is 3.62. The zero-order valence-electron chi connectivity index (χ0n) is 18.8. The number of hydrogen-bond acceptors (Lipinski definition) is 5. The van der Waals surface area contributed by atoms with Gasteiger partial charge in [-0.3, -0.25) is 0 Å². The van der Waals surface area contributed by atoms with Crippen molar-refractivity contribution in [2.75, 3.05) is 0 Å². The number of benzene rings is 1. The van der Waals surface area contributed by atoms with E-state index >= 15 is 0 Å². The second kappa shape index (κ2) is 8.54. The zero-order valence-corrected chi connectivity index (χ0v) is 18.8. The molecule has 3 aromatic rings. The number of hydrogen-bond donors (Lipinski definition) is 3. The van der Waals surface area contributed by atoms with Crippen molar-refractivity contribution in [2.45, 2.75) is 51.2 Å². The average molecular weight is 475 g/mol. The lowest BCUT2D eigenvalue weighted by atomic mass is 9.80. The van der Waals surface area contributed by atoms with Crippen LogP contribution in [0.4, 0.5) is 18.0 Å². The number of oxime groups is 1. The third-order valence-electron chi connectivity index (χ3n) is 5.66. The fraction of sp³-hybridized carbons (Fsp3) is 0.348. The third-order valence-corrected chi connectivity index (χ3v) is 5.66. The number of ether oxygens (including phenoxy) is 1. The van der Waals surface area contributed by atoms with Crippen molar-refractivity contribution < 1.29 is 27.9 Å². The smallest absolute Gasteiger partial charge is 0.407 e. The fourth-order valence-corrected chi connectivity index (χ4v) is 4.20. The summed E-state index contributed by atoms with van der Waals surface area (Å²) in [5.74, 6) is -4.21. The minimum atomic E-state index is -1.29. The lowest BCUT2D eigenvalue weighted by Crippen LogP contribution is -2.46. The van der Waals surface area contributed by atoms with Gasteiger partial charge in [0.25, 0.3) is 0 Å². The van der Waals surface area contributed by atoms with Crippen molar-refractivity contribution >= 4 is 17.6 Å². The van der Waals surface area contributed by atoms with E-state index in [1.807, 2.05) is 0 Å². The maximum Gasteiger partial charge on any atom is 0.407 e. The van der Waals surface area contributed by atoms with E-state index in [0.717, 1.165) is 11.8 Å². The van der Waals surface area contributed by atoms with Crippen molar-refractivity contribution in [3.8, 4) is 0 Å². The number of nitrogens with one attached hydrogen (secondary N) is 1. The Balaban J connectivity index is 1.77. The Morgan fingerprint density at radius 2 is 1.91 bits per heavy atom. The molecule has 4 rings (SSSR count). The van der Waals surface area contributed by atoms with Crippen molar-refractivity contribution in [2.24, 2.45) is 10.9 Å².